The zero-order valence-corrected chi connectivity index (χ0v) is 25.2. The van der Waals surface area contributed by atoms with Crippen molar-refractivity contribution in [2.24, 2.45) is 0 Å². The highest BCUT2D eigenvalue weighted by molar-refractivity contribution is 5.91. The van der Waals surface area contributed by atoms with Crippen LogP contribution in [0, 0.1) is 0 Å². The number of anilines is 1. The number of aliphatic hydroxyl groups is 1. The van der Waals surface area contributed by atoms with E-state index in [0.29, 0.717) is 18.7 Å². The molecular weight excluding hydrogens is 556 g/mol. The summed E-state index contributed by atoms with van der Waals surface area (Å²) in [5.41, 5.74) is 4.46. The Bertz CT molecular complexity index is 1570. The van der Waals surface area contributed by atoms with Crippen LogP contribution in [0.4, 0.5) is 5.69 Å². The van der Waals surface area contributed by atoms with Gasteiger partial charge in [-0.2, -0.15) is 0 Å². The maximum atomic E-state index is 12.4. The fourth-order valence-electron chi connectivity index (χ4n) is 5.62. The molecule has 5 rings (SSSR count). The standard InChI is InChI=1S/C36H40N2O6/c1-24(28-18-17-26-7-3-4-8-29(26)19-28)38(2)22-32-21-33(27-15-13-25(23-39)14-16-27)44-36(43-32)30-9-5-10-31(20-30)37-34(40)11-6-12-35(41)42/h3-5,7-10,13-20,24,32-33,36,39H,6,11-12,21-23H2,1-2H3,(H,37,40)(H,41,42)/t24-,32+,33-,36-/m1/s1. The average molecular weight is 597 g/mol. The van der Waals surface area contributed by atoms with Crippen molar-refractivity contribution in [1.29, 1.82) is 0 Å². The minimum absolute atomic E-state index is 0.0214. The Kier molecular flexibility index (Phi) is 10.4. The molecule has 0 unspecified atom stereocenters. The lowest BCUT2D eigenvalue weighted by Crippen LogP contribution is -2.38. The van der Waals surface area contributed by atoms with Gasteiger partial charge in [0, 0.05) is 43.1 Å². The molecule has 1 saturated heterocycles. The van der Waals surface area contributed by atoms with E-state index in [1.807, 2.05) is 42.5 Å². The summed E-state index contributed by atoms with van der Waals surface area (Å²) in [5, 5.41) is 23.7. The van der Waals surface area contributed by atoms with Gasteiger partial charge in [0.2, 0.25) is 5.91 Å². The third-order valence-electron chi connectivity index (χ3n) is 8.26. The monoisotopic (exact) mass is 596 g/mol. The average Bonchev–Trinajstić information content (AvgIpc) is 3.04. The molecule has 1 aliphatic heterocycles. The predicted octanol–water partition coefficient (Wildman–Crippen LogP) is 6.76. The number of carboxylic acid groups (broad SMARTS) is 1. The number of hydrogen-bond acceptors (Lipinski definition) is 6. The lowest BCUT2D eigenvalue weighted by molar-refractivity contribution is -0.253. The van der Waals surface area contributed by atoms with Crippen LogP contribution >= 0.6 is 0 Å². The van der Waals surface area contributed by atoms with Gasteiger partial charge in [-0.05, 0) is 66.1 Å². The topological polar surface area (TPSA) is 108 Å². The number of carbonyl (C=O) groups excluding carboxylic acids is 1. The van der Waals surface area contributed by atoms with Crippen molar-refractivity contribution in [3.63, 3.8) is 0 Å². The zero-order chi connectivity index (χ0) is 31.1. The molecule has 0 radical (unpaired) electrons. The second-order valence-corrected chi connectivity index (χ2v) is 11.5. The van der Waals surface area contributed by atoms with Crippen LogP contribution in [0.15, 0.2) is 91.0 Å². The molecule has 1 amide bonds. The number of aliphatic hydroxyl groups excluding tert-OH is 1. The fourth-order valence-corrected chi connectivity index (χ4v) is 5.62. The number of hydrogen-bond donors (Lipinski definition) is 3. The molecule has 44 heavy (non-hydrogen) atoms. The van der Waals surface area contributed by atoms with E-state index in [1.54, 1.807) is 6.07 Å². The van der Waals surface area contributed by atoms with Crippen molar-refractivity contribution in [2.45, 2.75) is 63.8 Å². The number of carboxylic acids is 1. The first-order valence-electron chi connectivity index (χ1n) is 15.1. The summed E-state index contributed by atoms with van der Waals surface area (Å²) in [6.45, 7) is 2.86. The second kappa shape index (κ2) is 14.6. The first kappa shape index (κ1) is 31.3. The maximum Gasteiger partial charge on any atom is 0.303 e. The Morgan fingerprint density at radius 3 is 2.43 bits per heavy atom. The Hall–Kier alpha value is -4.08. The number of aliphatic carboxylic acids is 1. The van der Waals surface area contributed by atoms with Gasteiger partial charge in [-0.1, -0.05) is 72.8 Å². The first-order chi connectivity index (χ1) is 21.3. The molecule has 1 heterocycles. The number of ether oxygens (including phenoxy) is 2. The number of fused-ring (bicyclic) bond motifs is 1. The minimum Gasteiger partial charge on any atom is -0.481 e. The third kappa shape index (κ3) is 8.09. The van der Waals surface area contributed by atoms with E-state index in [2.05, 4.69) is 66.7 Å². The number of carbonyl (C=O) groups is 2. The number of likely N-dealkylation sites (N-methyl/N-ethyl adjacent to an activating group) is 1. The zero-order valence-electron chi connectivity index (χ0n) is 25.2. The quantitative estimate of drug-likeness (QED) is 0.166. The fraction of sp³-hybridized carbons (Fsp3) is 0.333. The van der Waals surface area contributed by atoms with E-state index in [4.69, 9.17) is 14.6 Å². The molecular formula is C36H40N2O6. The Balaban J connectivity index is 1.33. The van der Waals surface area contributed by atoms with Gasteiger partial charge in [0.25, 0.3) is 0 Å². The van der Waals surface area contributed by atoms with Crippen molar-refractivity contribution < 1.29 is 29.3 Å². The van der Waals surface area contributed by atoms with Gasteiger partial charge in [-0.25, -0.2) is 0 Å². The third-order valence-corrected chi connectivity index (χ3v) is 8.26. The van der Waals surface area contributed by atoms with Gasteiger partial charge in [0.05, 0.1) is 18.8 Å². The van der Waals surface area contributed by atoms with E-state index < -0.39 is 12.3 Å². The molecule has 1 fully saturated rings. The molecule has 230 valence electrons. The van der Waals surface area contributed by atoms with Crippen LogP contribution in [0.25, 0.3) is 10.8 Å². The SMILES string of the molecule is C[C@H](c1ccc2ccccc2c1)N(C)C[C@@H]1C[C@H](c2ccc(CO)cc2)O[C@H](c2cccc(NC(=O)CCCC(=O)O)c2)O1. The van der Waals surface area contributed by atoms with Crippen LogP contribution in [0.5, 0.6) is 0 Å². The number of rotatable bonds is 12. The van der Waals surface area contributed by atoms with Crippen molar-refractivity contribution >= 4 is 28.3 Å². The highest BCUT2D eigenvalue weighted by Gasteiger charge is 2.33. The van der Waals surface area contributed by atoms with Gasteiger partial charge >= 0.3 is 5.97 Å². The maximum absolute atomic E-state index is 12.4. The van der Waals surface area contributed by atoms with Crippen LogP contribution < -0.4 is 5.32 Å². The summed E-state index contributed by atoms with van der Waals surface area (Å²) in [6, 6.07) is 30.3. The summed E-state index contributed by atoms with van der Waals surface area (Å²) >= 11 is 0. The molecule has 1 aliphatic rings. The molecule has 8 heteroatoms. The summed E-state index contributed by atoms with van der Waals surface area (Å²) in [4.78, 5) is 25.5. The summed E-state index contributed by atoms with van der Waals surface area (Å²) in [7, 11) is 2.11. The molecule has 4 aromatic rings. The molecule has 8 nitrogen and oxygen atoms in total. The normalized spacial score (nSPS) is 19.1. The highest BCUT2D eigenvalue weighted by atomic mass is 16.7. The van der Waals surface area contributed by atoms with Gasteiger partial charge in [0.1, 0.15) is 0 Å². The number of amides is 1. The van der Waals surface area contributed by atoms with Crippen LogP contribution in [0.2, 0.25) is 0 Å². The molecule has 0 aromatic heterocycles. The van der Waals surface area contributed by atoms with E-state index in [0.717, 1.165) is 16.7 Å². The molecule has 0 aliphatic carbocycles. The molecule has 3 N–H and O–H groups in total. The van der Waals surface area contributed by atoms with Gasteiger partial charge in [0.15, 0.2) is 6.29 Å². The molecule has 0 saturated carbocycles. The van der Waals surface area contributed by atoms with E-state index in [1.165, 1.54) is 16.3 Å². The molecule has 0 bridgehead atoms. The number of nitrogens with zero attached hydrogens (tertiary/aromatic N) is 1. The Morgan fingerprint density at radius 1 is 0.909 bits per heavy atom. The van der Waals surface area contributed by atoms with E-state index in [9.17, 15) is 14.7 Å². The second-order valence-electron chi connectivity index (χ2n) is 11.5. The number of nitrogens with one attached hydrogen (secondary N) is 1. The summed E-state index contributed by atoms with van der Waals surface area (Å²) in [6.07, 6.45) is -0.0214. The van der Waals surface area contributed by atoms with Crippen LogP contribution in [0.3, 0.4) is 0 Å². The summed E-state index contributed by atoms with van der Waals surface area (Å²) < 4.78 is 13.1. The van der Waals surface area contributed by atoms with Crippen molar-refractivity contribution in [2.75, 3.05) is 18.9 Å². The lowest BCUT2D eigenvalue weighted by Gasteiger charge is -2.39. The van der Waals surface area contributed by atoms with E-state index >= 15 is 0 Å². The van der Waals surface area contributed by atoms with Crippen molar-refractivity contribution in [3.8, 4) is 0 Å². The van der Waals surface area contributed by atoms with Crippen LogP contribution in [0.1, 0.15) is 73.3 Å². The molecule has 4 aromatic carbocycles. The van der Waals surface area contributed by atoms with Crippen LogP contribution in [-0.4, -0.2) is 46.7 Å². The minimum atomic E-state index is -0.918. The van der Waals surface area contributed by atoms with E-state index in [-0.39, 0.29) is 50.0 Å². The molecule has 0 spiro atoms. The molecule has 4 atom stereocenters. The predicted molar refractivity (Wildman–Crippen MR) is 170 cm³/mol. The van der Waals surface area contributed by atoms with Gasteiger partial charge in [-0.15, -0.1) is 0 Å². The largest absolute Gasteiger partial charge is 0.481 e. The Morgan fingerprint density at radius 2 is 1.68 bits per heavy atom. The Labute approximate surface area is 258 Å². The van der Waals surface area contributed by atoms with Crippen molar-refractivity contribution in [3.05, 3.63) is 113 Å². The van der Waals surface area contributed by atoms with Crippen LogP contribution in [-0.2, 0) is 25.7 Å². The van der Waals surface area contributed by atoms with Gasteiger partial charge < -0.3 is 25.0 Å². The smallest absolute Gasteiger partial charge is 0.303 e. The van der Waals surface area contributed by atoms with Crippen molar-refractivity contribution in [1.82, 2.24) is 4.90 Å². The first-order valence-corrected chi connectivity index (χ1v) is 15.1. The lowest BCUT2D eigenvalue weighted by atomic mass is 9.98. The van der Waals surface area contributed by atoms with Gasteiger partial charge in [-0.3, -0.25) is 14.5 Å². The number of benzene rings is 4. The highest BCUT2D eigenvalue weighted by Crippen LogP contribution is 2.39. The summed E-state index contributed by atoms with van der Waals surface area (Å²) in [5.74, 6) is -1.16.